The summed E-state index contributed by atoms with van der Waals surface area (Å²) < 4.78 is 9.03. The van der Waals surface area contributed by atoms with Crippen molar-refractivity contribution >= 4 is 27.9 Å². The molecule has 0 aromatic rings. The molecule has 0 spiro atoms. The van der Waals surface area contributed by atoms with E-state index in [1.54, 1.807) is 0 Å². The second-order valence-corrected chi connectivity index (χ2v) is 6.82. The zero-order chi connectivity index (χ0) is 15.7. The van der Waals surface area contributed by atoms with Crippen LogP contribution in [0.25, 0.3) is 0 Å². The number of ether oxygens (including phenoxy) is 2. The molecule has 1 N–H and O–H groups in total. The molecule has 0 aromatic carbocycles. The third-order valence-electron chi connectivity index (χ3n) is 3.55. The van der Waals surface area contributed by atoms with Gasteiger partial charge in [0, 0.05) is 0 Å². The van der Waals surface area contributed by atoms with Crippen LogP contribution in [0.2, 0.25) is 0 Å². The van der Waals surface area contributed by atoms with Crippen LogP contribution in [0, 0.1) is 5.92 Å². The zero-order valence-electron chi connectivity index (χ0n) is 13.0. The summed E-state index contributed by atoms with van der Waals surface area (Å²) in [6.07, 6.45) is 3.79. The van der Waals surface area contributed by atoms with E-state index in [0.29, 0.717) is 25.6 Å². The highest BCUT2D eigenvalue weighted by molar-refractivity contribution is 9.10. The van der Waals surface area contributed by atoms with Crippen molar-refractivity contribution in [3.8, 4) is 0 Å². The van der Waals surface area contributed by atoms with Crippen molar-refractivity contribution in [1.82, 2.24) is 5.32 Å². The molecule has 0 unspecified atom stereocenters. The van der Waals surface area contributed by atoms with E-state index in [2.05, 4.69) is 21.2 Å². The Balaban J connectivity index is 2.75. The van der Waals surface area contributed by atoms with Gasteiger partial charge in [-0.25, -0.2) is 9.59 Å². The summed E-state index contributed by atoms with van der Waals surface area (Å²) in [5, 5.41) is 3.28. The van der Waals surface area contributed by atoms with Gasteiger partial charge in [-0.1, -0.05) is 29.8 Å². The minimum Gasteiger partial charge on any atom is -0.464 e. The molecule has 0 aromatic heterocycles. The van der Waals surface area contributed by atoms with Gasteiger partial charge in [-0.2, -0.15) is 0 Å². The standard InChI is InChI=1S/C15H26BrNO4/c1-3-9-20-13(18)15(16,14(19)21-10-4-2)11-12-5-7-17-8-6-12/h12,17H,3-11H2,1-2H3. The first-order valence-corrected chi connectivity index (χ1v) is 8.58. The van der Waals surface area contributed by atoms with Crippen LogP contribution in [0.5, 0.6) is 0 Å². The Hall–Kier alpha value is -0.620. The van der Waals surface area contributed by atoms with Gasteiger partial charge in [-0.15, -0.1) is 0 Å². The Bertz CT molecular complexity index is 323. The van der Waals surface area contributed by atoms with Crippen molar-refractivity contribution < 1.29 is 19.1 Å². The molecule has 0 aliphatic carbocycles. The number of hydrogen-bond acceptors (Lipinski definition) is 5. The number of carbonyl (C=O) groups is 2. The molecular formula is C15H26BrNO4. The fourth-order valence-electron chi connectivity index (χ4n) is 2.35. The number of alkyl halides is 1. The van der Waals surface area contributed by atoms with Gasteiger partial charge in [0.15, 0.2) is 0 Å². The van der Waals surface area contributed by atoms with E-state index in [4.69, 9.17) is 9.47 Å². The Morgan fingerprint density at radius 3 is 2.00 bits per heavy atom. The number of rotatable bonds is 8. The van der Waals surface area contributed by atoms with Crippen LogP contribution in [0.3, 0.4) is 0 Å². The lowest BCUT2D eigenvalue weighted by Gasteiger charge is -2.30. The molecule has 0 atom stereocenters. The topological polar surface area (TPSA) is 64.6 Å². The van der Waals surface area contributed by atoms with Crippen molar-refractivity contribution in [1.29, 1.82) is 0 Å². The number of halogens is 1. The smallest absolute Gasteiger partial charge is 0.334 e. The zero-order valence-corrected chi connectivity index (χ0v) is 14.5. The van der Waals surface area contributed by atoms with Crippen LogP contribution in [0.15, 0.2) is 0 Å². The van der Waals surface area contributed by atoms with Gasteiger partial charge in [-0.05, 0) is 51.1 Å². The highest BCUT2D eigenvalue weighted by Gasteiger charge is 2.48. The summed E-state index contributed by atoms with van der Waals surface area (Å²) in [4.78, 5) is 24.6. The first-order chi connectivity index (χ1) is 10.0. The second-order valence-electron chi connectivity index (χ2n) is 5.47. The molecule has 6 heteroatoms. The summed E-state index contributed by atoms with van der Waals surface area (Å²) in [5.41, 5.74) is 0. The fraction of sp³-hybridized carbons (Fsp3) is 0.867. The minimum absolute atomic E-state index is 0.314. The van der Waals surface area contributed by atoms with Gasteiger partial charge in [0.05, 0.1) is 13.2 Å². The molecule has 1 heterocycles. The van der Waals surface area contributed by atoms with Crippen molar-refractivity contribution in [2.24, 2.45) is 5.92 Å². The van der Waals surface area contributed by atoms with Gasteiger partial charge >= 0.3 is 11.9 Å². The second kappa shape index (κ2) is 9.41. The average molecular weight is 364 g/mol. The first kappa shape index (κ1) is 18.4. The average Bonchev–Trinajstić information content (AvgIpc) is 2.50. The van der Waals surface area contributed by atoms with E-state index in [1.165, 1.54) is 0 Å². The Kier molecular flexibility index (Phi) is 8.26. The Labute approximate surface area is 135 Å². The number of piperidine rings is 1. The van der Waals surface area contributed by atoms with Gasteiger partial charge in [0.2, 0.25) is 4.32 Å². The molecule has 21 heavy (non-hydrogen) atoms. The third kappa shape index (κ3) is 5.58. The number of carbonyl (C=O) groups excluding carboxylic acids is 2. The molecule has 1 saturated heterocycles. The lowest BCUT2D eigenvalue weighted by molar-refractivity contribution is -0.159. The molecule has 5 nitrogen and oxygen atoms in total. The molecular weight excluding hydrogens is 338 g/mol. The first-order valence-electron chi connectivity index (χ1n) is 7.78. The highest BCUT2D eigenvalue weighted by Crippen LogP contribution is 2.33. The van der Waals surface area contributed by atoms with Crippen molar-refractivity contribution in [3.63, 3.8) is 0 Å². The molecule has 0 bridgehead atoms. The van der Waals surface area contributed by atoms with E-state index in [-0.39, 0.29) is 0 Å². The SMILES string of the molecule is CCCOC(=O)C(Br)(CC1CCNCC1)C(=O)OCCC. The van der Waals surface area contributed by atoms with Crippen LogP contribution >= 0.6 is 15.9 Å². The van der Waals surface area contributed by atoms with Crippen LogP contribution in [-0.4, -0.2) is 42.6 Å². The summed E-state index contributed by atoms with van der Waals surface area (Å²) in [5.74, 6) is -0.734. The molecule has 122 valence electrons. The minimum atomic E-state index is -1.36. The molecule has 1 aliphatic rings. The van der Waals surface area contributed by atoms with Crippen LogP contribution in [0.4, 0.5) is 0 Å². The normalized spacial score (nSPS) is 16.5. The van der Waals surface area contributed by atoms with Crippen molar-refractivity contribution in [2.45, 2.75) is 50.3 Å². The molecule has 1 fully saturated rings. The largest absolute Gasteiger partial charge is 0.464 e. The lowest BCUT2D eigenvalue weighted by atomic mass is 9.87. The summed E-state index contributed by atoms with van der Waals surface area (Å²) in [6, 6.07) is 0. The maximum absolute atomic E-state index is 12.3. The van der Waals surface area contributed by atoms with E-state index in [9.17, 15) is 9.59 Å². The maximum Gasteiger partial charge on any atom is 0.334 e. The van der Waals surface area contributed by atoms with Crippen LogP contribution in [0.1, 0.15) is 46.0 Å². The Morgan fingerprint density at radius 1 is 1.10 bits per heavy atom. The predicted molar refractivity (Wildman–Crippen MR) is 84.4 cm³/mol. The van der Waals surface area contributed by atoms with E-state index in [0.717, 1.165) is 38.8 Å². The molecule has 0 amide bonds. The summed E-state index contributed by atoms with van der Waals surface area (Å²) >= 11 is 3.34. The predicted octanol–water partition coefficient (Wildman–Crippen LogP) is 2.42. The van der Waals surface area contributed by atoms with Gasteiger partial charge in [0.25, 0.3) is 0 Å². The summed E-state index contributed by atoms with van der Waals surface area (Å²) in [6.45, 7) is 6.32. The molecule has 1 rings (SSSR count). The van der Waals surface area contributed by atoms with E-state index in [1.807, 2.05) is 13.8 Å². The van der Waals surface area contributed by atoms with Crippen LogP contribution < -0.4 is 5.32 Å². The van der Waals surface area contributed by atoms with Crippen LogP contribution in [-0.2, 0) is 19.1 Å². The number of hydrogen-bond donors (Lipinski definition) is 1. The van der Waals surface area contributed by atoms with Gasteiger partial charge < -0.3 is 14.8 Å². The van der Waals surface area contributed by atoms with E-state index < -0.39 is 16.3 Å². The van der Waals surface area contributed by atoms with Crippen molar-refractivity contribution in [2.75, 3.05) is 26.3 Å². The highest BCUT2D eigenvalue weighted by atomic mass is 79.9. The monoisotopic (exact) mass is 363 g/mol. The molecule has 1 aliphatic heterocycles. The Morgan fingerprint density at radius 2 is 1.57 bits per heavy atom. The maximum atomic E-state index is 12.3. The quantitative estimate of drug-likeness (QED) is 0.407. The molecule has 0 radical (unpaired) electrons. The molecule has 0 saturated carbocycles. The third-order valence-corrected chi connectivity index (χ3v) is 4.52. The number of esters is 2. The van der Waals surface area contributed by atoms with Crippen molar-refractivity contribution in [3.05, 3.63) is 0 Å². The van der Waals surface area contributed by atoms with Gasteiger partial charge in [-0.3, -0.25) is 0 Å². The lowest BCUT2D eigenvalue weighted by Crippen LogP contribution is -2.46. The number of nitrogens with one attached hydrogen (secondary N) is 1. The van der Waals surface area contributed by atoms with E-state index >= 15 is 0 Å². The van der Waals surface area contributed by atoms with Gasteiger partial charge in [0.1, 0.15) is 0 Å². The summed E-state index contributed by atoms with van der Waals surface area (Å²) in [7, 11) is 0. The fourth-order valence-corrected chi connectivity index (χ4v) is 3.04.